The predicted octanol–water partition coefficient (Wildman–Crippen LogP) is 2.42. The molecule has 0 radical (unpaired) electrons. The summed E-state index contributed by atoms with van der Waals surface area (Å²) < 4.78 is 0. The lowest BCUT2D eigenvalue weighted by molar-refractivity contribution is -0.122. The van der Waals surface area contributed by atoms with Gasteiger partial charge in [-0.2, -0.15) is 0 Å². The molecule has 118 valence electrons. The highest BCUT2D eigenvalue weighted by Crippen LogP contribution is 2.31. The summed E-state index contributed by atoms with van der Waals surface area (Å²) in [6.45, 7) is 0. The third-order valence-electron chi connectivity index (χ3n) is 4.20. The molecule has 1 aliphatic carbocycles. The fourth-order valence-corrected chi connectivity index (χ4v) is 2.99. The first kappa shape index (κ1) is 15.4. The second-order valence-electron chi connectivity index (χ2n) is 5.80. The molecule has 0 aromatic heterocycles. The number of aliphatic hydroxyl groups excluding tert-OH is 1. The Kier molecular flexibility index (Phi) is 4.53. The number of carbonyl (C=O) groups excluding carboxylic acids is 2. The van der Waals surface area contributed by atoms with Gasteiger partial charge < -0.3 is 10.4 Å². The van der Waals surface area contributed by atoms with E-state index < -0.39 is 6.10 Å². The first-order valence-corrected chi connectivity index (χ1v) is 7.78. The second kappa shape index (κ2) is 6.75. The monoisotopic (exact) mass is 309 g/mol. The Morgan fingerprint density at radius 3 is 2.48 bits per heavy atom. The van der Waals surface area contributed by atoms with Crippen LogP contribution in [0, 0.1) is 0 Å². The van der Waals surface area contributed by atoms with Crippen LogP contribution in [0.15, 0.2) is 54.6 Å². The van der Waals surface area contributed by atoms with Crippen LogP contribution in [0.3, 0.4) is 0 Å². The highest BCUT2D eigenvalue weighted by Gasteiger charge is 2.31. The summed E-state index contributed by atoms with van der Waals surface area (Å²) in [5, 5.41) is 13.0. The zero-order valence-corrected chi connectivity index (χ0v) is 12.7. The van der Waals surface area contributed by atoms with Crippen LogP contribution in [0.4, 0.5) is 0 Å². The maximum Gasteiger partial charge on any atom is 0.221 e. The maximum atomic E-state index is 12.1. The number of benzene rings is 2. The average molecular weight is 309 g/mol. The standard InChI is InChI=1S/C19H19NO3/c21-16(13-6-2-1-3-7-13)10-11-18(23)20-19-15-9-5-4-8-14(15)12-17(19)22/h1-9,17,19,22H,10-12H2,(H,20,23)/t17-,19+/m1/s1. The summed E-state index contributed by atoms with van der Waals surface area (Å²) in [4.78, 5) is 24.1. The Hall–Kier alpha value is -2.46. The van der Waals surface area contributed by atoms with Crippen molar-refractivity contribution in [2.24, 2.45) is 0 Å². The predicted molar refractivity (Wildman–Crippen MR) is 87.0 cm³/mol. The minimum absolute atomic E-state index is 0.0480. The van der Waals surface area contributed by atoms with E-state index in [4.69, 9.17) is 0 Å². The molecular formula is C19H19NO3. The van der Waals surface area contributed by atoms with Crippen LogP contribution in [-0.2, 0) is 11.2 Å². The van der Waals surface area contributed by atoms with Gasteiger partial charge in [-0.05, 0) is 11.1 Å². The van der Waals surface area contributed by atoms with Crippen LogP contribution >= 0.6 is 0 Å². The largest absolute Gasteiger partial charge is 0.390 e. The highest BCUT2D eigenvalue weighted by atomic mass is 16.3. The quantitative estimate of drug-likeness (QED) is 0.834. The Labute approximate surface area is 135 Å². The van der Waals surface area contributed by atoms with E-state index in [1.54, 1.807) is 24.3 Å². The van der Waals surface area contributed by atoms with Crippen molar-refractivity contribution in [2.45, 2.75) is 31.4 Å². The number of fused-ring (bicyclic) bond motifs is 1. The second-order valence-corrected chi connectivity index (χ2v) is 5.80. The van der Waals surface area contributed by atoms with Gasteiger partial charge >= 0.3 is 0 Å². The summed E-state index contributed by atoms with van der Waals surface area (Å²) in [5.74, 6) is -0.261. The molecule has 1 aliphatic rings. The molecule has 4 heteroatoms. The van der Waals surface area contributed by atoms with Gasteiger partial charge in [-0.3, -0.25) is 9.59 Å². The van der Waals surface area contributed by atoms with Crippen LogP contribution in [0.5, 0.6) is 0 Å². The molecule has 0 saturated carbocycles. The van der Waals surface area contributed by atoms with Gasteiger partial charge in [0.2, 0.25) is 5.91 Å². The van der Waals surface area contributed by atoms with Gasteiger partial charge in [0.25, 0.3) is 0 Å². The molecule has 0 fully saturated rings. The highest BCUT2D eigenvalue weighted by molar-refractivity contribution is 5.97. The molecule has 2 N–H and O–H groups in total. The van der Waals surface area contributed by atoms with Gasteiger partial charge in [-0.15, -0.1) is 0 Å². The number of hydrogen-bond donors (Lipinski definition) is 2. The van der Waals surface area contributed by atoms with Crippen molar-refractivity contribution >= 4 is 11.7 Å². The molecule has 3 rings (SSSR count). The van der Waals surface area contributed by atoms with Gasteiger partial charge in [0.15, 0.2) is 5.78 Å². The van der Waals surface area contributed by atoms with Crippen molar-refractivity contribution in [1.29, 1.82) is 0 Å². The molecule has 0 heterocycles. The minimum Gasteiger partial charge on any atom is -0.390 e. The third kappa shape index (κ3) is 3.48. The third-order valence-corrected chi connectivity index (χ3v) is 4.20. The van der Waals surface area contributed by atoms with E-state index in [1.807, 2.05) is 30.3 Å². The fraction of sp³-hybridized carbons (Fsp3) is 0.263. The molecule has 1 amide bonds. The summed E-state index contributed by atoms with van der Waals surface area (Å²) >= 11 is 0. The number of hydrogen-bond acceptors (Lipinski definition) is 3. The smallest absolute Gasteiger partial charge is 0.221 e. The van der Waals surface area contributed by atoms with Crippen molar-refractivity contribution in [3.63, 3.8) is 0 Å². The van der Waals surface area contributed by atoms with E-state index >= 15 is 0 Å². The molecule has 2 atom stereocenters. The van der Waals surface area contributed by atoms with E-state index in [2.05, 4.69) is 5.32 Å². The lowest BCUT2D eigenvalue weighted by atomic mass is 10.1. The summed E-state index contributed by atoms with van der Waals surface area (Å²) in [6.07, 6.45) is 0.227. The van der Waals surface area contributed by atoms with E-state index in [0.29, 0.717) is 12.0 Å². The summed E-state index contributed by atoms with van der Waals surface area (Å²) in [6, 6.07) is 16.3. The van der Waals surface area contributed by atoms with Crippen molar-refractivity contribution in [3.05, 3.63) is 71.3 Å². The molecule has 0 unspecified atom stereocenters. The summed E-state index contributed by atoms with van der Waals surface area (Å²) in [7, 11) is 0. The zero-order chi connectivity index (χ0) is 16.2. The van der Waals surface area contributed by atoms with E-state index in [9.17, 15) is 14.7 Å². The average Bonchev–Trinajstić information content (AvgIpc) is 2.89. The Morgan fingerprint density at radius 1 is 1.00 bits per heavy atom. The van der Waals surface area contributed by atoms with Gasteiger partial charge in [-0.25, -0.2) is 0 Å². The Morgan fingerprint density at radius 2 is 1.70 bits per heavy atom. The first-order chi connectivity index (χ1) is 11.1. The van der Waals surface area contributed by atoms with E-state index in [0.717, 1.165) is 11.1 Å². The number of amides is 1. The molecule has 0 bridgehead atoms. The van der Waals surface area contributed by atoms with Crippen molar-refractivity contribution in [1.82, 2.24) is 5.32 Å². The lowest BCUT2D eigenvalue weighted by Gasteiger charge is -2.17. The summed E-state index contributed by atoms with van der Waals surface area (Å²) in [5.41, 5.74) is 2.64. The number of ketones is 1. The number of nitrogens with one attached hydrogen (secondary N) is 1. The lowest BCUT2D eigenvalue weighted by Crippen LogP contribution is -2.34. The normalized spacial score (nSPS) is 19.2. The Bertz CT molecular complexity index is 712. The van der Waals surface area contributed by atoms with Crippen molar-refractivity contribution in [3.8, 4) is 0 Å². The molecule has 2 aromatic rings. The van der Waals surface area contributed by atoms with Crippen LogP contribution in [0.25, 0.3) is 0 Å². The molecule has 0 spiro atoms. The first-order valence-electron chi connectivity index (χ1n) is 7.78. The molecule has 23 heavy (non-hydrogen) atoms. The van der Waals surface area contributed by atoms with Crippen LogP contribution < -0.4 is 5.32 Å². The van der Waals surface area contributed by atoms with Gasteiger partial charge in [0, 0.05) is 24.8 Å². The van der Waals surface area contributed by atoms with Gasteiger partial charge in [0.1, 0.15) is 0 Å². The molecule has 0 aliphatic heterocycles. The van der Waals surface area contributed by atoms with Gasteiger partial charge in [-0.1, -0.05) is 54.6 Å². The minimum atomic E-state index is -0.610. The molecule has 0 saturated heterocycles. The molecule has 4 nitrogen and oxygen atoms in total. The zero-order valence-electron chi connectivity index (χ0n) is 12.7. The fourth-order valence-electron chi connectivity index (χ4n) is 2.99. The SMILES string of the molecule is O=C(CCC(=O)c1ccccc1)N[C@H]1c2ccccc2C[C@H]1O. The molecule has 2 aromatic carbocycles. The number of aliphatic hydroxyl groups is 1. The number of Topliss-reactive ketones (excluding diaryl/α,β-unsaturated/α-hetero) is 1. The van der Waals surface area contributed by atoms with Crippen molar-refractivity contribution in [2.75, 3.05) is 0 Å². The van der Waals surface area contributed by atoms with Crippen LogP contribution in [0.1, 0.15) is 40.4 Å². The van der Waals surface area contributed by atoms with E-state index in [1.165, 1.54) is 0 Å². The van der Waals surface area contributed by atoms with Crippen LogP contribution in [0.2, 0.25) is 0 Å². The van der Waals surface area contributed by atoms with Crippen molar-refractivity contribution < 1.29 is 14.7 Å². The van der Waals surface area contributed by atoms with Crippen LogP contribution in [-0.4, -0.2) is 22.9 Å². The van der Waals surface area contributed by atoms with E-state index in [-0.39, 0.29) is 30.6 Å². The topological polar surface area (TPSA) is 66.4 Å². The number of rotatable bonds is 5. The number of carbonyl (C=O) groups is 2. The molecular weight excluding hydrogens is 290 g/mol. The Balaban J connectivity index is 1.57. The van der Waals surface area contributed by atoms with Gasteiger partial charge in [0.05, 0.1) is 12.1 Å². The maximum absolute atomic E-state index is 12.1.